The minimum absolute atomic E-state index is 0.0694. The molecule has 7 nitrogen and oxygen atoms in total. The SMILES string of the molecule is COC(=O)CNc1cc(S(=O)(=O)N2CCCCCC2)ccc1OC. The van der Waals surface area contributed by atoms with Crippen molar-refractivity contribution < 1.29 is 22.7 Å². The molecule has 1 fully saturated rings. The molecule has 0 saturated carbocycles. The van der Waals surface area contributed by atoms with Crippen LogP contribution in [0.15, 0.2) is 23.1 Å². The van der Waals surface area contributed by atoms with Crippen LogP contribution in [0.2, 0.25) is 0 Å². The second-order valence-corrected chi connectivity index (χ2v) is 7.55. The van der Waals surface area contributed by atoms with Crippen molar-refractivity contribution in [3.05, 3.63) is 18.2 Å². The molecule has 1 aliphatic heterocycles. The molecule has 8 heteroatoms. The number of ether oxygens (including phenoxy) is 2. The summed E-state index contributed by atoms with van der Waals surface area (Å²) in [5.74, 6) is 0.0200. The Bertz CT molecular complexity index is 667. The van der Waals surface area contributed by atoms with E-state index in [0.29, 0.717) is 24.5 Å². The zero-order valence-electron chi connectivity index (χ0n) is 14.1. The maximum Gasteiger partial charge on any atom is 0.325 e. The van der Waals surface area contributed by atoms with Crippen molar-refractivity contribution >= 4 is 21.7 Å². The van der Waals surface area contributed by atoms with E-state index in [0.717, 1.165) is 25.7 Å². The highest BCUT2D eigenvalue weighted by molar-refractivity contribution is 7.89. The van der Waals surface area contributed by atoms with Crippen molar-refractivity contribution in [2.75, 3.05) is 39.2 Å². The third-order valence-corrected chi connectivity index (χ3v) is 5.92. The molecule has 0 spiro atoms. The van der Waals surface area contributed by atoms with E-state index in [1.165, 1.54) is 30.7 Å². The van der Waals surface area contributed by atoms with Crippen molar-refractivity contribution in [1.29, 1.82) is 0 Å². The summed E-state index contributed by atoms with van der Waals surface area (Å²) in [6.45, 7) is 1.01. The van der Waals surface area contributed by atoms with Crippen LogP contribution in [0.25, 0.3) is 0 Å². The average molecular weight is 356 g/mol. The fourth-order valence-corrected chi connectivity index (χ4v) is 4.20. The first-order valence-corrected chi connectivity index (χ1v) is 9.42. The van der Waals surface area contributed by atoms with Crippen LogP contribution in [0.5, 0.6) is 5.75 Å². The highest BCUT2D eigenvalue weighted by Crippen LogP contribution is 2.29. The lowest BCUT2D eigenvalue weighted by atomic mass is 10.2. The molecule has 2 rings (SSSR count). The van der Waals surface area contributed by atoms with Gasteiger partial charge in [-0.15, -0.1) is 0 Å². The lowest BCUT2D eigenvalue weighted by Crippen LogP contribution is -2.32. The molecule has 1 N–H and O–H groups in total. The number of methoxy groups -OCH3 is 2. The van der Waals surface area contributed by atoms with Gasteiger partial charge in [-0.3, -0.25) is 4.79 Å². The van der Waals surface area contributed by atoms with Crippen molar-refractivity contribution in [2.24, 2.45) is 0 Å². The topological polar surface area (TPSA) is 84.9 Å². The first-order valence-electron chi connectivity index (χ1n) is 7.98. The fraction of sp³-hybridized carbons (Fsp3) is 0.562. The smallest absolute Gasteiger partial charge is 0.325 e. The highest BCUT2D eigenvalue weighted by Gasteiger charge is 2.26. The number of anilines is 1. The van der Waals surface area contributed by atoms with Gasteiger partial charge in [0, 0.05) is 13.1 Å². The van der Waals surface area contributed by atoms with E-state index in [2.05, 4.69) is 10.1 Å². The number of carbonyl (C=O) groups excluding carboxylic acids is 1. The lowest BCUT2D eigenvalue weighted by Gasteiger charge is -2.21. The summed E-state index contributed by atoms with van der Waals surface area (Å²) < 4.78 is 37.0. The Hall–Kier alpha value is -1.80. The molecule has 24 heavy (non-hydrogen) atoms. The van der Waals surface area contributed by atoms with Crippen LogP contribution in [0.4, 0.5) is 5.69 Å². The van der Waals surface area contributed by atoms with Gasteiger partial charge >= 0.3 is 5.97 Å². The van der Waals surface area contributed by atoms with Gasteiger partial charge in [0.15, 0.2) is 0 Å². The van der Waals surface area contributed by atoms with Crippen LogP contribution in [0, 0.1) is 0 Å². The second-order valence-electron chi connectivity index (χ2n) is 5.61. The molecule has 1 aromatic carbocycles. The summed E-state index contributed by atoms with van der Waals surface area (Å²) in [6.07, 6.45) is 3.87. The molecule has 0 atom stereocenters. The lowest BCUT2D eigenvalue weighted by molar-refractivity contribution is -0.138. The molecule has 0 amide bonds. The first-order chi connectivity index (χ1) is 11.5. The van der Waals surface area contributed by atoms with Gasteiger partial charge in [-0.2, -0.15) is 4.31 Å². The predicted molar refractivity (Wildman–Crippen MR) is 90.7 cm³/mol. The van der Waals surface area contributed by atoms with Crippen molar-refractivity contribution in [3.63, 3.8) is 0 Å². The molecule has 0 aliphatic carbocycles. The molecule has 1 saturated heterocycles. The molecule has 0 radical (unpaired) electrons. The summed E-state index contributed by atoms with van der Waals surface area (Å²) >= 11 is 0. The van der Waals surface area contributed by atoms with Gasteiger partial charge in [0.2, 0.25) is 10.0 Å². The second kappa shape index (κ2) is 8.34. The normalized spacial score (nSPS) is 16.2. The quantitative estimate of drug-likeness (QED) is 0.783. The number of sulfonamides is 1. The van der Waals surface area contributed by atoms with Crippen LogP contribution in [-0.4, -0.2) is 52.5 Å². The van der Waals surface area contributed by atoms with Gasteiger partial charge in [-0.1, -0.05) is 12.8 Å². The standard InChI is InChI=1S/C16H24N2O5S/c1-22-15-8-7-13(11-14(15)17-12-16(19)23-2)24(20,21)18-9-5-3-4-6-10-18/h7-8,11,17H,3-6,9-10,12H2,1-2H3. The predicted octanol–water partition coefficient (Wildman–Crippen LogP) is 1.84. The number of esters is 1. The number of carbonyl (C=O) groups is 1. The van der Waals surface area contributed by atoms with Crippen LogP contribution < -0.4 is 10.1 Å². The monoisotopic (exact) mass is 356 g/mol. The van der Waals surface area contributed by atoms with Gasteiger partial charge in [-0.25, -0.2) is 8.42 Å². The first kappa shape index (κ1) is 18.5. The molecular formula is C16H24N2O5S. The largest absolute Gasteiger partial charge is 0.495 e. The van der Waals surface area contributed by atoms with Crippen molar-refractivity contribution in [1.82, 2.24) is 4.31 Å². The number of hydrogen-bond donors (Lipinski definition) is 1. The van der Waals surface area contributed by atoms with Gasteiger partial charge in [0.25, 0.3) is 0 Å². The summed E-state index contributed by atoms with van der Waals surface area (Å²) in [6, 6.07) is 4.62. The third kappa shape index (κ3) is 4.39. The molecular weight excluding hydrogens is 332 g/mol. The number of nitrogens with zero attached hydrogens (tertiary/aromatic N) is 1. The van der Waals surface area contributed by atoms with E-state index < -0.39 is 16.0 Å². The zero-order chi connectivity index (χ0) is 17.6. The number of benzene rings is 1. The fourth-order valence-electron chi connectivity index (χ4n) is 2.66. The van der Waals surface area contributed by atoms with Crippen molar-refractivity contribution in [3.8, 4) is 5.75 Å². The molecule has 1 aliphatic rings. The molecule has 0 aromatic heterocycles. The molecule has 0 bridgehead atoms. The number of hydrogen-bond acceptors (Lipinski definition) is 6. The van der Waals surface area contributed by atoms with Gasteiger partial charge in [0.1, 0.15) is 12.3 Å². The maximum atomic E-state index is 12.9. The average Bonchev–Trinajstić information content (AvgIpc) is 2.89. The molecule has 1 heterocycles. The van der Waals surface area contributed by atoms with Gasteiger partial charge in [0.05, 0.1) is 24.8 Å². The van der Waals surface area contributed by atoms with E-state index in [4.69, 9.17) is 4.74 Å². The third-order valence-electron chi connectivity index (χ3n) is 4.02. The van der Waals surface area contributed by atoms with E-state index in [1.54, 1.807) is 6.07 Å². The van der Waals surface area contributed by atoms with E-state index in [-0.39, 0.29) is 11.4 Å². The molecule has 134 valence electrons. The Morgan fingerprint density at radius 1 is 1.17 bits per heavy atom. The molecule has 0 unspecified atom stereocenters. The van der Waals surface area contributed by atoms with Crippen LogP contribution in [0.1, 0.15) is 25.7 Å². The van der Waals surface area contributed by atoms with Crippen LogP contribution >= 0.6 is 0 Å². The minimum Gasteiger partial charge on any atom is -0.495 e. The van der Waals surface area contributed by atoms with Crippen LogP contribution in [0.3, 0.4) is 0 Å². The van der Waals surface area contributed by atoms with Crippen LogP contribution in [-0.2, 0) is 19.6 Å². The summed E-state index contributed by atoms with van der Waals surface area (Å²) in [5.41, 5.74) is 0.443. The Kier molecular flexibility index (Phi) is 6.44. The summed E-state index contributed by atoms with van der Waals surface area (Å²) in [7, 11) is -0.775. The van der Waals surface area contributed by atoms with E-state index in [9.17, 15) is 13.2 Å². The molecule has 1 aromatic rings. The number of nitrogens with one attached hydrogen (secondary N) is 1. The maximum absolute atomic E-state index is 12.9. The summed E-state index contributed by atoms with van der Waals surface area (Å²) in [5, 5.41) is 2.86. The Morgan fingerprint density at radius 3 is 2.42 bits per heavy atom. The van der Waals surface area contributed by atoms with E-state index >= 15 is 0 Å². The Labute approximate surface area is 143 Å². The summed E-state index contributed by atoms with van der Waals surface area (Å²) in [4.78, 5) is 11.5. The van der Waals surface area contributed by atoms with E-state index in [1.807, 2.05) is 0 Å². The minimum atomic E-state index is -3.56. The van der Waals surface area contributed by atoms with Gasteiger partial charge in [-0.05, 0) is 31.0 Å². The number of rotatable bonds is 6. The zero-order valence-corrected chi connectivity index (χ0v) is 14.9. The highest BCUT2D eigenvalue weighted by atomic mass is 32.2. The Morgan fingerprint density at radius 2 is 1.83 bits per heavy atom. The van der Waals surface area contributed by atoms with Crippen molar-refractivity contribution in [2.45, 2.75) is 30.6 Å². The Balaban J connectivity index is 2.27. The van der Waals surface area contributed by atoms with Gasteiger partial charge < -0.3 is 14.8 Å².